The number of rotatable bonds is 7. The fraction of sp³-hybridized carbons (Fsp3) is 0.538. The topological polar surface area (TPSA) is 105 Å². The van der Waals surface area contributed by atoms with E-state index in [0.29, 0.717) is 6.42 Å². The van der Waals surface area contributed by atoms with Gasteiger partial charge in [0, 0.05) is 32.7 Å². The van der Waals surface area contributed by atoms with Crippen LogP contribution in [0.15, 0.2) is 23.1 Å². The molecule has 0 spiro atoms. The van der Waals surface area contributed by atoms with E-state index in [-0.39, 0.29) is 6.54 Å². The average molecular weight is 346 g/mol. The van der Waals surface area contributed by atoms with E-state index >= 15 is 0 Å². The second-order valence-corrected chi connectivity index (χ2v) is 6.92. The molecule has 1 aromatic rings. The van der Waals surface area contributed by atoms with Gasteiger partial charge in [0.05, 0.1) is 4.92 Å². The molecular weight excluding hydrogens is 327 g/mol. The fourth-order valence-corrected chi connectivity index (χ4v) is 3.66. The van der Waals surface area contributed by atoms with Crippen LogP contribution in [0.5, 0.6) is 0 Å². The lowest BCUT2D eigenvalue weighted by atomic mass is 10.3. The van der Waals surface area contributed by atoms with Crippen LogP contribution in [0.3, 0.4) is 0 Å². The summed E-state index contributed by atoms with van der Waals surface area (Å²) in [5.41, 5.74) is -1.03. The largest absolute Gasteiger partial charge is 0.324 e. The van der Waals surface area contributed by atoms with Gasteiger partial charge in [-0.05, 0) is 25.1 Å². The number of hydrogen-bond donors (Lipinski definition) is 2. The molecule has 1 saturated heterocycles. The molecule has 0 aromatic heterocycles. The Balaban J connectivity index is 1.96. The number of sulfonamides is 1. The molecule has 0 bridgehead atoms. The van der Waals surface area contributed by atoms with Crippen LogP contribution in [0.25, 0.3) is 0 Å². The molecule has 10 heteroatoms. The molecule has 8 nitrogen and oxygen atoms in total. The molecule has 1 aromatic carbocycles. The summed E-state index contributed by atoms with van der Waals surface area (Å²) in [4.78, 5) is 11.4. The van der Waals surface area contributed by atoms with Gasteiger partial charge < -0.3 is 10.2 Å². The summed E-state index contributed by atoms with van der Waals surface area (Å²) in [6.45, 7) is 4.49. The standard InChI is InChI=1S/C13H19FN4O4S/c14-11-3-1-4-12(13(11)18(19)20)23(21,22)16-5-2-8-17-9-6-15-7-10-17/h1,3-4,15-16H,2,5-10H2. The van der Waals surface area contributed by atoms with Crippen molar-refractivity contribution in [3.05, 3.63) is 34.1 Å². The number of nitro benzene ring substituents is 1. The Morgan fingerprint density at radius 2 is 2.04 bits per heavy atom. The second kappa shape index (κ2) is 7.77. The van der Waals surface area contributed by atoms with E-state index in [1.54, 1.807) is 0 Å². The molecule has 23 heavy (non-hydrogen) atoms. The van der Waals surface area contributed by atoms with E-state index in [2.05, 4.69) is 14.9 Å². The highest BCUT2D eigenvalue weighted by molar-refractivity contribution is 7.89. The molecule has 1 fully saturated rings. The zero-order valence-electron chi connectivity index (χ0n) is 12.5. The molecule has 2 N–H and O–H groups in total. The summed E-state index contributed by atoms with van der Waals surface area (Å²) in [5, 5.41) is 14.1. The van der Waals surface area contributed by atoms with Crippen molar-refractivity contribution >= 4 is 15.7 Å². The molecule has 1 aliphatic heterocycles. The smallest absolute Gasteiger partial charge is 0.314 e. The van der Waals surface area contributed by atoms with Crippen molar-refractivity contribution in [3.8, 4) is 0 Å². The van der Waals surface area contributed by atoms with E-state index in [1.807, 2.05) is 0 Å². The second-order valence-electron chi connectivity index (χ2n) is 5.19. The number of hydrogen-bond acceptors (Lipinski definition) is 6. The summed E-state index contributed by atoms with van der Waals surface area (Å²) in [7, 11) is -4.12. The van der Waals surface area contributed by atoms with Crippen LogP contribution in [-0.2, 0) is 10.0 Å². The van der Waals surface area contributed by atoms with Crippen molar-refractivity contribution in [2.75, 3.05) is 39.3 Å². The first-order valence-corrected chi connectivity index (χ1v) is 8.76. The van der Waals surface area contributed by atoms with Crippen LogP contribution in [0, 0.1) is 15.9 Å². The maximum atomic E-state index is 13.5. The quantitative estimate of drug-likeness (QED) is 0.418. The normalized spacial score (nSPS) is 16.4. The predicted molar refractivity (Wildman–Crippen MR) is 82.2 cm³/mol. The summed E-state index contributed by atoms with van der Waals surface area (Å²) in [6, 6.07) is 3.03. The number of benzene rings is 1. The Hall–Kier alpha value is -1.62. The molecule has 128 valence electrons. The number of piperazine rings is 1. The van der Waals surface area contributed by atoms with Crippen molar-refractivity contribution in [1.29, 1.82) is 0 Å². The number of nitrogens with zero attached hydrogens (tertiary/aromatic N) is 2. The molecule has 0 saturated carbocycles. The van der Waals surface area contributed by atoms with Gasteiger partial charge in [0.15, 0.2) is 4.90 Å². The third-order valence-corrected chi connectivity index (χ3v) is 5.07. The van der Waals surface area contributed by atoms with Crippen molar-refractivity contribution < 1.29 is 17.7 Å². The van der Waals surface area contributed by atoms with Gasteiger partial charge in [-0.1, -0.05) is 6.07 Å². The van der Waals surface area contributed by atoms with Crippen molar-refractivity contribution in [3.63, 3.8) is 0 Å². The van der Waals surface area contributed by atoms with Crippen LogP contribution in [0.1, 0.15) is 6.42 Å². The van der Waals surface area contributed by atoms with Crippen molar-refractivity contribution in [2.45, 2.75) is 11.3 Å². The molecule has 0 aliphatic carbocycles. The van der Waals surface area contributed by atoms with Crippen LogP contribution >= 0.6 is 0 Å². The molecular formula is C13H19FN4O4S. The average Bonchev–Trinajstić information content (AvgIpc) is 2.52. The van der Waals surface area contributed by atoms with Gasteiger partial charge in [0.25, 0.3) is 0 Å². The summed E-state index contributed by atoms with van der Waals surface area (Å²) in [6.07, 6.45) is 0.572. The molecule has 2 rings (SSSR count). The van der Waals surface area contributed by atoms with E-state index in [4.69, 9.17) is 0 Å². The monoisotopic (exact) mass is 346 g/mol. The highest BCUT2D eigenvalue weighted by atomic mass is 32.2. The van der Waals surface area contributed by atoms with Crippen LogP contribution < -0.4 is 10.0 Å². The Morgan fingerprint density at radius 1 is 1.35 bits per heavy atom. The van der Waals surface area contributed by atoms with Crippen LogP contribution in [0.4, 0.5) is 10.1 Å². The summed E-state index contributed by atoms with van der Waals surface area (Å²) >= 11 is 0. The Kier molecular flexibility index (Phi) is 5.99. The van der Waals surface area contributed by atoms with Gasteiger partial charge in [-0.25, -0.2) is 13.1 Å². The predicted octanol–water partition coefficient (Wildman–Crippen LogP) is 0.308. The first kappa shape index (κ1) is 17.7. The minimum atomic E-state index is -4.12. The van der Waals surface area contributed by atoms with Gasteiger partial charge in [-0.2, -0.15) is 4.39 Å². The number of nitro groups is 1. The van der Waals surface area contributed by atoms with Gasteiger partial charge in [-0.3, -0.25) is 10.1 Å². The fourth-order valence-electron chi connectivity index (χ4n) is 2.41. The molecule has 1 aliphatic rings. The number of para-hydroxylation sites is 1. The number of halogens is 1. The maximum absolute atomic E-state index is 13.5. The maximum Gasteiger partial charge on any atom is 0.324 e. The highest BCUT2D eigenvalue weighted by Gasteiger charge is 2.29. The zero-order chi connectivity index (χ0) is 16.9. The summed E-state index contributed by atoms with van der Waals surface area (Å²) in [5.74, 6) is -1.17. The van der Waals surface area contributed by atoms with Crippen molar-refractivity contribution in [1.82, 2.24) is 14.9 Å². The lowest BCUT2D eigenvalue weighted by molar-refractivity contribution is -0.390. The Labute approximate surface area is 133 Å². The third-order valence-electron chi connectivity index (χ3n) is 3.57. The first-order valence-electron chi connectivity index (χ1n) is 7.27. The van der Waals surface area contributed by atoms with E-state index in [9.17, 15) is 22.9 Å². The van der Waals surface area contributed by atoms with Crippen LogP contribution in [-0.4, -0.2) is 57.5 Å². The highest BCUT2D eigenvalue weighted by Crippen LogP contribution is 2.26. The molecule has 0 unspecified atom stereocenters. The van der Waals surface area contributed by atoms with E-state index in [1.165, 1.54) is 0 Å². The molecule has 0 amide bonds. The van der Waals surface area contributed by atoms with Gasteiger partial charge in [0.1, 0.15) is 0 Å². The SMILES string of the molecule is O=[N+]([O-])c1c(F)cccc1S(=O)(=O)NCCCN1CCNCC1. The van der Waals surface area contributed by atoms with E-state index < -0.39 is 31.3 Å². The van der Waals surface area contributed by atoms with Gasteiger partial charge in [-0.15, -0.1) is 0 Å². The van der Waals surface area contributed by atoms with Gasteiger partial charge >= 0.3 is 5.69 Å². The Morgan fingerprint density at radius 3 is 2.70 bits per heavy atom. The Bertz CT molecular complexity index is 662. The summed E-state index contributed by atoms with van der Waals surface area (Å²) < 4.78 is 40.1. The lowest BCUT2D eigenvalue weighted by Crippen LogP contribution is -2.44. The van der Waals surface area contributed by atoms with Gasteiger partial charge in [0.2, 0.25) is 15.8 Å². The van der Waals surface area contributed by atoms with E-state index in [0.717, 1.165) is 50.9 Å². The lowest BCUT2D eigenvalue weighted by Gasteiger charge is -2.27. The van der Waals surface area contributed by atoms with Crippen molar-refractivity contribution in [2.24, 2.45) is 0 Å². The van der Waals surface area contributed by atoms with Crippen LogP contribution in [0.2, 0.25) is 0 Å². The third kappa shape index (κ3) is 4.67. The molecule has 1 heterocycles. The molecule has 0 atom stereocenters. The first-order chi connectivity index (χ1) is 10.9. The molecule has 0 radical (unpaired) electrons. The minimum Gasteiger partial charge on any atom is -0.314 e. The zero-order valence-corrected chi connectivity index (χ0v) is 13.3. The minimum absolute atomic E-state index is 0.139. The number of nitrogens with one attached hydrogen (secondary N) is 2.